The maximum absolute atomic E-state index is 12.4. The molecule has 23 heavy (non-hydrogen) atoms. The third-order valence-electron chi connectivity index (χ3n) is 3.60. The van der Waals surface area contributed by atoms with Crippen molar-refractivity contribution in [3.8, 4) is 5.75 Å². The summed E-state index contributed by atoms with van der Waals surface area (Å²) < 4.78 is 5.56. The van der Waals surface area contributed by atoms with Crippen LogP contribution in [0.2, 0.25) is 0 Å². The van der Waals surface area contributed by atoms with E-state index in [4.69, 9.17) is 4.74 Å². The number of ether oxygens (including phenoxy) is 1. The van der Waals surface area contributed by atoms with Gasteiger partial charge in [-0.25, -0.2) is 0 Å². The number of likely N-dealkylation sites (tertiary alicyclic amines) is 1. The maximum atomic E-state index is 12.4. The Morgan fingerprint density at radius 1 is 1.48 bits per heavy atom. The molecule has 2 amide bonds. The number of carbonyl (C=O) groups is 2. The highest BCUT2D eigenvalue weighted by Crippen LogP contribution is 2.22. The summed E-state index contributed by atoms with van der Waals surface area (Å²) in [5.74, 6) is 0.271. The molecule has 2 rings (SSSR count). The Bertz CT molecular complexity index is 624. The number of anilines is 1. The van der Waals surface area contributed by atoms with Gasteiger partial charge in [-0.1, -0.05) is 19.2 Å². The van der Waals surface area contributed by atoms with Crippen LogP contribution in [0.3, 0.4) is 0 Å². The number of hydrogen-bond donors (Lipinski definition) is 1. The van der Waals surface area contributed by atoms with Gasteiger partial charge >= 0.3 is 0 Å². The second-order valence-electron chi connectivity index (χ2n) is 5.66. The summed E-state index contributed by atoms with van der Waals surface area (Å²) in [6.07, 6.45) is 2.73. The van der Waals surface area contributed by atoms with E-state index in [1.54, 1.807) is 17.0 Å². The zero-order valence-corrected chi connectivity index (χ0v) is 13.4. The summed E-state index contributed by atoms with van der Waals surface area (Å²) in [4.78, 5) is 25.8. The minimum Gasteiger partial charge on any atom is -0.489 e. The van der Waals surface area contributed by atoms with Gasteiger partial charge < -0.3 is 15.0 Å². The number of nitrogens with one attached hydrogen (secondary N) is 1. The van der Waals surface area contributed by atoms with Gasteiger partial charge in [0.15, 0.2) is 0 Å². The molecule has 1 aromatic carbocycles. The van der Waals surface area contributed by atoms with Crippen LogP contribution in [-0.4, -0.2) is 35.9 Å². The van der Waals surface area contributed by atoms with Crippen molar-refractivity contribution in [2.45, 2.75) is 25.8 Å². The fourth-order valence-electron chi connectivity index (χ4n) is 2.52. The van der Waals surface area contributed by atoms with Gasteiger partial charge in [0.25, 0.3) is 0 Å². The Labute approximate surface area is 136 Å². The van der Waals surface area contributed by atoms with Crippen molar-refractivity contribution in [1.82, 2.24) is 4.90 Å². The number of nitrogens with zero attached hydrogens (tertiary/aromatic N) is 1. The summed E-state index contributed by atoms with van der Waals surface area (Å²) in [6.45, 7) is 10.2. The first kappa shape index (κ1) is 16.8. The van der Waals surface area contributed by atoms with E-state index in [-0.39, 0.29) is 11.8 Å². The smallest absolute Gasteiger partial charge is 0.247 e. The first-order valence-corrected chi connectivity index (χ1v) is 7.62. The highest BCUT2D eigenvalue weighted by molar-refractivity contribution is 5.99. The summed E-state index contributed by atoms with van der Waals surface area (Å²) in [5, 5.41) is 2.85. The van der Waals surface area contributed by atoms with Crippen LogP contribution < -0.4 is 10.1 Å². The van der Waals surface area contributed by atoms with Gasteiger partial charge in [0.2, 0.25) is 11.8 Å². The first-order valence-electron chi connectivity index (χ1n) is 7.62. The topological polar surface area (TPSA) is 58.6 Å². The van der Waals surface area contributed by atoms with Gasteiger partial charge in [-0.15, -0.1) is 0 Å². The van der Waals surface area contributed by atoms with E-state index in [9.17, 15) is 9.59 Å². The van der Waals surface area contributed by atoms with Crippen molar-refractivity contribution >= 4 is 17.5 Å². The largest absolute Gasteiger partial charge is 0.489 e. The van der Waals surface area contributed by atoms with Gasteiger partial charge in [-0.2, -0.15) is 0 Å². The van der Waals surface area contributed by atoms with Crippen LogP contribution in [-0.2, 0) is 9.59 Å². The molecule has 0 aliphatic carbocycles. The minimum atomic E-state index is -0.444. The predicted molar refractivity (Wildman–Crippen MR) is 90.3 cm³/mol. The fraction of sp³-hybridized carbons (Fsp3) is 0.333. The molecule has 5 heteroatoms. The number of carbonyl (C=O) groups excluding carboxylic acids is 2. The second-order valence-corrected chi connectivity index (χ2v) is 5.66. The third-order valence-corrected chi connectivity index (χ3v) is 3.60. The van der Waals surface area contributed by atoms with Crippen LogP contribution in [0.4, 0.5) is 5.69 Å². The van der Waals surface area contributed by atoms with Crippen molar-refractivity contribution in [3.63, 3.8) is 0 Å². The molecule has 1 aliphatic heterocycles. The molecule has 1 aliphatic rings. The van der Waals surface area contributed by atoms with E-state index < -0.39 is 6.04 Å². The molecule has 5 nitrogen and oxygen atoms in total. The number of benzene rings is 1. The molecule has 1 atom stereocenters. The predicted octanol–water partition coefficient (Wildman–Crippen LogP) is 2.76. The molecule has 1 heterocycles. The zero-order valence-electron chi connectivity index (χ0n) is 13.4. The SMILES string of the molecule is C=CC(=O)N1CCCC1C(=O)Nc1cccc(OCC(=C)C)c1. The number of amides is 2. The number of rotatable bonds is 6. The van der Waals surface area contributed by atoms with Gasteiger partial charge in [-0.05, 0) is 43.5 Å². The second kappa shape index (κ2) is 7.63. The Morgan fingerprint density at radius 3 is 2.96 bits per heavy atom. The summed E-state index contributed by atoms with van der Waals surface area (Å²) in [7, 11) is 0. The van der Waals surface area contributed by atoms with Crippen LogP contribution >= 0.6 is 0 Å². The van der Waals surface area contributed by atoms with E-state index in [0.29, 0.717) is 31.0 Å². The van der Waals surface area contributed by atoms with Gasteiger partial charge in [-0.3, -0.25) is 9.59 Å². The zero-order chi connectivity index (χ0) is 16.8. The van der Waals surface area contributed by atoms with Gasteiger partial charge in [0, 0.05) is 18.3 Å². The molecule has 0 saturated carbocycles. The van der Waals surface area contributed by atoms with E-state index in [2.05, 4.69) is 18.5 Å². The average Bonchev–Trinajstić information content (AvgIpc) is 3.02. The van der Waals surface area contributed by atoms with Crippen LogP contribution in [0.25, 0.3) is 0 Å². The fourth-order valence-corrected chi connectivity index (χ4v) is 2.52. The lowest BCUT2D eigenvalue weighted by atomic mass is 10.2. The monoisotopic (exact) mass is 314 g/mol. The molecule has 0 bridgehead atoms. The maximum Gasteiger partial charge on any atom is 0.247 e. The first-order chi connectivity index (χ1) is 11.0. The van der Waals surface area contributed by atoms with E-state index in [1.807, 2.05) is 19.1 Å². The molecule has 1 saturated heterocycles. The Hall–Kier alpha value is -2.56. The van der Waals surface area contributed by atoms with Crippen LogP contribution in [0.5, 0.6) is 5.75 Å². The molecule has 1 N–H and O–H groups in total. The van der Waals surface area contributed by atoms with Crippen molar-refractivity contribution in [3.05, 3.63) is 49.1 Å². The van der Waals surface area contributed by atoms with Crippen molar-refractivity contribution in [2.24, 2.45) is 0 Å². The van der Waals surface area contributed by atoms with Gasteiger partial charge in [0.1, 0.15) is 18.4 Å². The Balaban J connectivity index is 2.02. The molecule has 0 spiro atoms. The molecule has 1 aromatic rings. The molecule has 1 fully saturated rings. The molecular formula is C18H22N2O3. The quantitative estimate of drug-likeness (QED) is 0.649. The highest BCUT2D eigenvalue weighted by Gasteiger charge is 2.32. The normalized spacial score (nSPS) is 16.7. The molecule has 0 radical (unpaired) electrons. The van der Waals surface area contributed by atoms with E-state index >= 15 is 0 Å². The lowest BCUT2D eigenvalue weighted by molar-refractivity contribution is -0.132. The van der Waals surface area contributed by atoms with Gasteiger partial charge in [0.05, 0.1) is 0 Å². The van der Waals surface area contributed by atoms with Crippen LogP contribution in [0, 0.1) is 0 Å². The Morgan fingerprint density at radius 2 is 2.26 bits per heavy atom. The summed E-state index contributed by atoms with van der Waals surface area (Å²) >= 11 is 0. The highest BCUT2D eigenvalue weighted by atomic mass is 16.5. The summed E-state index contributed by atoms with van der Waals surface area (Å²) in [6, 6.07) is 6.74. The van der Waals surface area contributed by atoms with Crippen LogP contribution in [0.1, 0.15) is 19.8 Å². The molecule has 122 valence electrons. The van der Waals surface area contributed by atoms with Crippen LogP contribution in [0.15, 0.2) is 49.1 Å². The van der Waals surface area contributed by atoms with Crippen molar-refractivity contribution in [2.75, 3.05) is 18.5 Å². The standard InChI is InChI=1S/C18H22N2O3/c1-4-17(21)20-10-6-9-16(20)18(22)19-14-7-5-8-15(11-14)23-12-13(2)3/h4-5,7-8,11,16H,1-2,6,9-10,12H2,3H3,(H,19,22). The van der Waals surface area contributed by atoms with E-state index in [0.717, 1.165) is 12.0 Å². The van der Waals surface area contributed by atoms with Crippen molar-refractivity contribution < 1.29 is 14.3 Å². The van der Waals surface area contributed by atoms with E-state index in [1.165, 1.54) is 6.08 Å². The average molecular weight is 314 g/mol. The lowest BCUT2D eigenvalue weighted by Gasteiger charge is -2.22. The lowest BCUT2D eigenvalue weighted by Crippen LogP contribution is -2.42. The number of hydrogen-bond acceptors (Lipinski definition) is 3. The molecular weight excluding hydrogens is 292 g/mol. The Kier molecular flexibility index (Phi) is 5.57. The summed E-state index contributed by atoms with van der Waals surface area (Å²) in [5.41, 5.74) is 1.57. The minimum absolute atomic E-state index is 0.185. The van der Waals surface area contributed by atoms with Crippen molar-refractivity contribution in [1.29, 1.82) is 0 Å². The third kappa shape index (κ3) is 4.45. The molecule has 0 aromatic heterocycles. The molecule has 1 unspecified atom stereocenters.